The van der Waals surface area contributed by atoms with Crippen molar-refractivity contribution in [3.63, 3.8) is 0 Å². The van der Waals surface area contributed by atoms with E-state index in [0.717, 1.165) is 6.42 Å². The summed E-state index contributed by atoms with van der Waals surface area (Å²) in [5.74, 6) is -1.02. The van der Waals surface area contributed by atoms with Gasteiger partial charge in [0.25, 0.3) is 0 Å². The standard InChI is InChI=1S/C11H20N2O4/c1-4-8(9(14)15)12-10(16)13-11(3)5-6-17-7(11)2/h7-8H,4-6H2,1-3H3,(H,14,15)(H2,12,13,16)/t7?,8-,11?/m0/s1. The molecule has 1 aliphatic rings. The van der Waals surface area contributed by atoms with Gasteiger partial charge < -0.3 is 20.5 Å². The second-order valence-corrected chi connectivity index (χ2v) is 4.58. The van der Waals surface area contributed by atoms with E-state index in [0.29, 0.717) is 13.0 Å². The molecule has 3 N–H and O–H groups in total. The fourth-order valence-electron chi connectivity index (χ4n) is 1.79. The summed E-state index contributed by atoms with van der Waals surface area (Å²) in [6, 6.07) is -1.31. The van der Waals surface area contributed by atoms with Crippen LogP contribution in [0.5, 0.6) is 0 Å². The van der Waals surface area contributed by atoms with Gasteiger partial charge in [-0.15, -0.1) is 0 Å². The van der Waals surface area contributed by atoms with Crippen LogP contribution in [-0.4, -0.2) is 41.4 Å². The molecule has 1 heterocycles. The van der Waals surface area contributed by atoms with Crippen molar-refractivity contribution in [2.45, 2.75) is 51.3 Å². The van der Waals surface area contributed by atoms with Gasteiger partial charge in [0.15, 0.2) is 0 Å². The second kappa shape index (κ2) is 5.35. The third kappa shape index (κ3) is 3.33. The molecule has 1 fully saturated rings. The minimum Gasteiger partial charge on any atom is -0.480 e. The first-order chi connectivity index (χ1) is 7.89. The molecule has 2 amide bonds. The molecule has 1 aliphatic heterocycles. The van der Waals surface area contributed by atoms with Crippen LogP contribution in [0.2, 0.25) is 0 Å². The van der Waals surface area contributed by atoms with Gasteiger partial charge in [-0.1, -0.05) is 6.92 Å². The second-order valence-electron chi connectivity index (χ2n) is 4.58. The Morgan fingerprint density at radius 1 is 1.59 bits per heavy atom. The number of aliphatic carboxylic acids is 1. The van der Waals surface area contributed by atoms with Crippen molar-refractivity contribution in [3.8, 4) is 0 Å². The average molecular weight is 244 g/mol. The first-order valence-corrected chi connectivity index (χ1v) is 5.82. The zero-order valence-corrected chi connectivity index (χ0v) is 10.4. The van der Waals surface area contributed by atoms with E-state index < -0.39 is 23.6 Å². The summed E-state index contributed by atoms with van der Waals surface area (Å²) in [5, 5.41) is 14.1. The van der Waals surface area contributed by atoms with Crippen LogP contribution >= 0.6 is 0 Å². The van der Waals surface area contributed by atoms with Crippen molar-refractivity contribution < 1.29 is 19.4 Å². The van der Waals surface area contributed by atoms with Gasteiger partial charge >= 0.3 is 12.0 Å². The van der Waals surface area contributed by atoms with Crippen molar-refractivity contribution in [2.75, 3.05) is 6.61 Å². The van der Waals surface area contributed by atoms with E-state index >= 15 is 0 Å². The van der Waals surface area contributed by atoms with E-state index in [1.54, 1.807) is 6.92 Å². The maximum Gasteiger partial charge on any atom is 0.326 e. The highest BCUT2D eigenvalue weighted by atomic mass is 16.5. The molecule has 0 saturated carbocycles. The lowest BCUT2D eigenvalue weighted by Gasteiger charge is -2.29. The summed E-state index contributed by atoms with van der Waals surface area (Å²) in [5.41, 5.74) is -0.430. The number of hydrogen-bond acceptors (Lipinski definition) is 3. The highest BCUT2D eigenvalue weighted by molar-refractivity contribution is 5.82. The predicted octanol–water partition coefficient (Wildman–Crippen LogP) is 0.716. The summed E-state index contributed by atoms with van der Waals surface area (Å²) in [4.78, 5) is 22.5. The number of rotatable bonds is 4. The third-order valence-electron chi connectivity index (χ3n) is 3.30. The van der Waals surface area contributed by atoms with Crippen molar-refractivity contribution in [1.29, 1.82) is 0 Å². The number of ether oxygens (including phenoxy) is 1. The highest BCUT2D eigenvalue weighted by Crippen LogP contribution is 2.24. The van der Waals surface area contributed by atoms with Crippen molar-refractivity contribution in [1.82, 2.24) is 10.6 Å². The Hall–Kier alpha value is -1.30. The molecule has 0 aliphatic carbocycles. The lowest BCUT2D eigenvalue weighted by atomic mass is 9.95. The van der Waals surface area contributed by atoms with E-state index in [4.69, 9.17) is 9.84 Å². The predicted molar refractivity (Wildman–Crippen MR) is 61.8 cm³/mol. The Labute approximate surface area is 101 Å². The summed E-state index contributed by atoms with van der Waals surface area (Å²) in [7, 11) is 0. The van der Waals surface area contributed by atoms with E-state index in [-0.39, 0.29) is 6.10 Å². The SMILES string of the molecule is CC[C@H](NC(=O)NC1(C)CCOC1C)C(=O)O. The fourth-order valence-corrected chi connectivity index (χ4v) is 1.79. The van der Waals surface area contributed by atoms with Gasteiger partial charge in [0.05, 0.1) is 11.6 Å². The van der Waals surface area contributed by atoms with Crippen LogP contribution in [0.15, 0.2) is 0 Å². The minimum atomic E-state index is -1.02. The van der Waals surface area contributed by atoms with Gasteiger partial charge in [0.1, 0.15) is 6.04 Å². The zero-order chi connectivity index (χ0) is 13.1. The molecule has 98 valence electrons. The van der Waals surface area contributed by atoms with E-state index in [2.05, 4.69) is 10.6 Å². The molecule has 0 aromatic rings. The molecular weight excluding hydrogens is 224 g/mol. The quantitative estimate of drug-likeness (QED) is 0.680. The maximum absolute atomic E-state index is 11.7. The highest BCUT2D eigenvalue weighted by Gasteiger charge is 2.38. The van der Waals surface area contributed by atoms with Crippen molar-refractivity contribution >= 4 is 12.0 Å². The largest absolute Gasteiger partial charge is 0.480 e. The Bertz CT molecular complexity index is 308. The van der Waals surface area contributed by atoms with E-state index in [1.807, 2.05) is 13.8 Å². The maximum atomic E-state index is 11.7. The fraction of sp³-hybridized carbons (Fsp3) is 0.818. The summed E-state index contributed by atoms with van der Waals surface area (Å²) < 4.78 is 5.39. The monoisotopic (exact) mass is 244 g/mol. The van der Waals surface area contributed by atoms with Gasteiger partial charge in [-0.3, -0.25) is 0 Å². The Morgan fingerprint density at radius 2 is 2.24 bits per heavy atom. The molecule has 6 heteroatoms. The third-order valence-corrected chi connectivity index (χ3v) is 3.30. The molecule has 1 rings (SSSR count). The van der Waals surface area contributed by atoms with Crippen LogP contribution in [0.3, 0.4) is 0 Å². The minimum absolute atomic E-state index is 0.0712. The van der Waals surface area contributed by atoms with Crippen LogP contribution < -0.4 is 10.6 Å². The first-order valence-electron chi connectivity index (χ1n) is 5.82. The van der Waals surface area contributed by atoms with Gasteiger partial charge in [-0.05, 0) is 26.7 Å². The summed E-state index contributed by atoms with van der Waals surface area (Å²) in [6.45, 7) is 6.10. The van der Waals surface area contributed by atoms with Gasteiger partial charge in [0.2, 0.25) is 0 Å². The Kier molecular flexibility index (Phi) is 4.34. The number of carboxylic acids is 1. The average Bonchev–Trinajstić information content (AvgIpc) is 2.55. The summed E-state index contributed by atoms with van der Waals surface area (Å²) >= 11 is 0. The molecule has 0 bridgehead atoms. The number of amides is 2. The van der Waals surface area contributed by atoms with Gasteiger partial charge in [0, 0.05) is 6.61 Å². The molecule has 0 aromatic heterocycles. The molecule has 0 aromatic carbocycles. The van der Waals surface area contributed by atoms with Crippen LogP contribution in [0, 0.1) is 0 Å². The molecule has 3 atom stereocenters. The Balaban J connectivity index is 2.52. The topological polar surface area (TPSA) is 87.7 Å². The van der Waals surface area contributed by atoms with Crippen LogP contribution in [0.4, 0.5) is 4.79 Å². The molecule has 6 nitrogen and oxygen atoms in total. The van der Waals surface area contributed by atoms with E-state index in [1.165, 1.54) is 0 Å². The normalized spacial score (nSPS) is 29.7. The smallest absolute Gasteiger partial charge is 0.326 e. The number of nitrogens with one attached hydrogen (secondary N) is 2. The van der Waals surface area contributed by atoms with Gasteiger partial charge in [-0.25, -0.2) is 9.59 Å². The molecule has 17 heavy (non-hydrogen) atoms. The van der Waals surface area contributed by atoms with Crippen molar-refractivity contribution in [3.05, 3.63) is 0 Å². The molecular formula is C11H20N2O4. The van der Waals surface area contributed by atoms with E-state index in [9.17, 15) is 9.59 Å². The zero-order valence-electron chi connectivity index (χ0n) is 10.4. The molecule has 1 saturated heterocycles. The molecule has 2 unspecified atom stereocenters. The number of hydrogen-bond donors (Lipinski definition) is 3. The lowest BCUT2D eigenvalue weighted by molar-refractivity contribution is -0.139. The Morgan fingerprint density at radius 3 is 2.65 bits per heavy atom. The summed E-state index contributed by atoms with van der Waals surface area (Å²) in [6.07, 6.45) is 1.01. The number of urea groups is 1. The van der Waals surface area contributed by atoms with Crippen molar-refractivity contribution in [2.24, 2.45) is 0 Å². The van der Waals surface area contributed by atoms with Crippen LogP contribution in [0.1, 0.15) is 33.6 Å². The van der Waals surface area contributed by atoms with Gasteiger partial charge in [-0.2, -0.15) is 0 Å². The van der Waals surface area contributed by atoms with Crippen LogP contribution in [-0.2, 0) is 9.53 Å². The molecule has 0 spiro atoms. The number of carbonyl (C=O) groups excluding carboxylic acids is 1. The number of carbonyl (C=O) groups is 2. The molecule has 0 radical (unpaired) electrons. The number of carboxylic acid groups (broad SMARTS) is 1. The lowest BCUT2D eigenvalue weighted by Crippen LogP contribution is -2.56. The van der Waals surface area contributed by atoms with Crippen LogP contribution in [0.25, 0.3) is 0 Å². The first kappa shape index (κ1) is 13.8.